The van der Waals surface area contributed by atoms with Crippen LogP contribution in [0.15, 0.2) is 30.3 Å². The van der Waals surface area contributed by atoms with Gasteiger partial charge in [-0.25, -0.2) is 0 Å². The molecule has 2 aromatic carbocycles. The third kappa shape index (κ3) is 8.07. The van der Waals surface area contributed by atoms with Crippen LogP contribution in [-0.2, 0) is 16.8 Å². The molecule has 2 aromatic rings. The molecular formula is C30H37BrN4O6. The second kappa shape index (κ2) is 14.6. The monoisotopic (exact) mass is 628 g/mol. The number of benzene rings is 2. The van der Waals surface area contributed by atoms with Crippen LogP contribution in [0.4, 0.5) is 0 Å². The molecule has 11 heteroatoms. The lowest BCUT2D eigenvalue weighted by Crippen LogP contribution is -2.30. The summed E-state index contributed by atoms with van der Waals surface area (Å²) in [7, 11) is 1.53. The number of rotatable bonds is 14. The number of ketones is 1. The zero-order valence-electron chi connectivity index (χ0n) is 23.8. The molecule has 1 aliphatic rings. The Morgan fingerprint density at radius 1 is 1.15 bits per heavy atom. The Labute approximate surface area is 250 Å². The van der Waals surface area contributed by atoms with Crippen LogP contribution in [-0.4, -0.2) is 60.3 Å². The molecule has 1 amide bonds. The number of carboxylic acids is 1. The number of amidine groups is 1. The summed E-state index contributed by atoms with van der Waals surface area (Å²) in [5.41, 5.74) is 2.28. The fourth-order valence-corrected chi connectivity index (χ4v) is 4.63. The van der Waals surface area contributed by atoms with Gasteiger partial charge in [0.05, 0.1) is 31.4 Å². The van der Waals surface area contributed by atoms with Crippen LogP contribution in [0.2, 0.25) is 0 Å². The fraction of sp³-hybridized carbons (Fsp3) is 0.433. The van der Waals surface area contributed by atoms with E-state index in [1.54, 1.807) is 35.2 Å². The van der Waals surface area contributed by atoms with Gasteiger partial charge in [-0.3, -0.25) is 19.8 Å². The average Bonchev–Trinajstić information content (AvgIpc) is 3.21. The first-order chi connectivity index (χ1) is 19.0. The molecule has 0 fully saturated rings. The minimum absolute atomic E-state index is 0. The molecule has 41 heavy (non-hydrogen) atoms. The summed E-state index contributed by atoms with van der Waals surface area (Å²) in [5.74, 6) is -0.220. The number of nitrogens with one attached hydrogen (secondary N) is 2. The Morgan fingerprint density at radius 2 is 1.88 bits per heavy atom. The molecule has 0 atom stereocenters. The van der Waals surface area contributed by atoms with Gasteiger partial charge in [-0.05, 0) is 55.7 Å². The SMILES string of the molecule is Br.CCOc1cc2c(cc1C(=O)NC)C(=N)N(CC(=O)c1ccc(OCCCCC(=O)O)c(C(C)(C)CC#N)c1)C2. The van der Waals surface area contributed by atoms with Crippen LogP contribution in [0.3, 0.4) is 0 Å². The Hall–Kier alpha value is -3.91. The predicted octanol–water partition coefficient (Wildman–Crippen LogP) is 4.87. The molecule has 0 aromatic heterocycles. The first kappa shape index (κ1) is 33.3. The second-order valence-corrected chi connectivity index (χ2v) is 10.3. The molecule has 3 rings (SSSR count). The summed E-state index contributed by atoms with van der Waals surface area (Å²) in [5, 5.41) is 29.5. The lowest BCUT2D eigenvalue weighted by molar-refractivity contribution is -0.137. The van der Waals surface area contributed by atoms with Gasteiger partial charge in [-0.2, -0.15) is 5.26 Å². The Balaban J connectivity index is 0.00000588. The van der Waals surface area contributed by atoms with Gasteiger partial charge in [0.1, 0.15) is 17.3 Å². The zero-order chi connectivity index (χ0) is 29.4. The van der Waals surface area contributed by atoms with E-state index in [1.807, 2.05) is 20.8 Å². The molecule has 0 saturated heterocycles. The highest BCUT2D eigenvalue weighted by atomic mass is 79.9. The number of nitrogens with zero attached hydrogens (tertiary/aromatic N) is 2. The summed E-state index contributed by atoms with van der Waals surface area (Å²) in [6.45, 7) is 6.64. The third-order valence-electron chi connectivity index (χ3n) is 6.84. The van der Waals surface area contributed by atoms with Crippen molar-refractivity contribution < 1.29 is 29.0 Å². The van der Waals surface area contributed by atoms with Crippen molar-refractivity contribution in [3.8, 4) is 17.6 Å². The number of carbonyl (C=O) groups excluding carboxylic acids is 2. The fourth-order valence-electron chi connectivity index (χ4n) is 4.63. The molecule has 1 heterocycles. The smallest absolute Gasteiger partial charge is 0.303 e. The number of amides is 1. The summed E-state index contributed by atoms with van der Waals surface area (Å²) < 4.78 is 11.6. The standard InChI is InChI=1S/C30H36N4O6.BrH/c1-5-39-26-15-20-17-34(28(32)21(20)16-22(26)29(38)33-4)18-24(35)19-9-10-25(40-13-7-6-8-27(36)37)23(14-19)30(2,3)11-12-31;/h9-10,14-16,32H,5-8,11,13,17-18H2,1-4H3,(H,33,38)(H,36,37);1H. The van der Waals surface area contributed by atoms with Crippen molar-refractivity contribution in [2.24, 2.45) is 0 Å². The molecule has 0 saturated carbocycles. The maximum absolute atomic E-state index is 13.4. The number of ether oxygens (including phenoxy) is 2. The minimum Gasteiger partial charge on any atom is -0.493 e. The lowest BCUT2D eigenvalue weighted by Gasteiger charge is -2.26. The molecule has 0 bridgehead atoms. The van der Waals surface area contributed by atoms with E-state index in [0.29, 0.717) is 60.8 Å². The predicted molar refractivity (Wildman–Crippen MR) is 160 cm³/mol. The number of carbonyl (C=O) groups is 3. The van der Waals surface area contributed by atoms with E-state index in [0.717, 1.165) is 11.1 Å². The number of unbranched alkanes of at least 4 members (excludes halogenated alkanes) is 1. The van der Waals surface area contributed by atoms with Crippen LogP contribution >= 0.6 is 17.0 Å². The minimum atomic E-state index is -0.852. The number of nitriles is 1. The highest BCUT2D eigenvalue weighted by Gasteiger charge is 2.30. The van der Waals surface area contributed by atoms with E-state index < -0.39 is 11.4 Å². The van der Waals surface area contributed by atoms with Crippen molar-refractivity contribution in [1.29, 1.82) is 10.7 Å². The molecule has 3 N–H and O–H groups in total. The topological polar surface area (TPSA) is 153 Å². The Morgan fingerprint density at radius 3 is 2.51 bits per heavy atom. The van der Waals surface area contributed by atoms with Crippen molar-refractivity contribution >= 4 is 40.5 Å². The van der Waals surface area contributed by atoms with Gasteiger partial charge in [0.2, 0.25) is 0 Å². The number of carboxylic acid groups (broad SMARTS) is 1. The highest BCUT2D eigenvalue weighted by Crippen LogP contribution is 2.36. The maximum atomic E-state index is 13.4. The largest absolute Gasteiger partial charge is 0.493 e. The number of halogens is 1. The van der Waals surface area contributed by atoms with Gasteiger partial charge in [-0.15, -0.1) is 17.0 Å². The average molecular weight is 630 g/mol. The van der Waals surface area contributed by atoms with Gasteiger partial charge >= 0.3 is 5.97 Å². The lowest BCUT2D eigenvalue weighted by atomic mass is 9.80. The maximum Gasteiger partial charge on any atom is 0.303 e. The van der Waals surface area contributed by atoms with Crippen molar-refractivity contribution in [1.82, 2.24) is 10.2 Å². The summed E-state index contributed by atoms with van der Waals surface area (Å²) >= 11 is 0. The van der Waals surface area contributed by atoms with Crippen molar-refractivity contribution in [3.05, 3.63) is 58.1 Å². The van der Waals surface area contributed by atoms with Gasteiger partial charge < -0.3 is 24.8 Å². The first-order valence-electron chi connectivity index (χ1n) is 13.3. The normalized spacial score (nSPS) is 12.2. The van der Waals surface area contributed by atoms with Gasteiger partial charge in [0.25, 0.3) is 5.91 Å². The molecular weight excluding hydrogens is 592 g/mol. The van der Waals surface area contributed by atoms with Crippen LogP contribution in [0.5, 0.6) is 11.5 Å². The molecule has 0 unspecified atom stereocenters. The second-order valence-electron chi connectivity index (χ2n) is 10.3. The van der Waals surface area contributed by atoms with Crippen molar-refractivity contribution in [3.63, 3.8) is 0 Å². The van der Waals surface area contributed by atoms with Crippen LogP contribution < -0.4 is 14.8 Å². The molecule has 1 aliphatic heterocycles. The quantitative estimate of drug-likeness (QED) is 0.198. The number of Topliss-reactive ketones (excluding diaryl/α,β-unsaturated/α-hetero) is 1. The number of hydrogen-bond acceptors (Lipinski definition) is 7. The molecule has 0 radical (unpaired) electrons. The molecule has 0 spiro atoms. The van der Waals surface area contributed by atoms with Gasteiger partial charge in [-0.1, -0.05) is 13.8 Å². The van der Waals surface area contributed by atoms with E-state index in [-0.39, 0.29) is 53.9 Å². The third-order valence-corrected chi connectivity index (χ3v) is 6.84. The number of fused-ring (bicyclic) bond motifs is 1. The summed E-state index contributed by atoms with van der Waals surface area (Å²) in [4.78, 5) is 38.2. The van der Waals surface area contributed by atoms with Gasteiger partial charge in [0.15, 0.2) is 5.78 Å². The number of aliphatic carboxylic acids is 1. The molecule has 220 valence electrons. The van der Waals surface area contributed by atoms with Crippen LogP contribution in [0, 0.1) is 16.7 Å². The molecule has 10 nitrogen and oxygen atoms in total. The Bertz CT molecular complexity index is 1350. The van der Waals surface area contributed by atoms with E-state index >= 15 is 0 Å². The highest BCUT2D eigenvalue weighted by molar-refractivity contribution is 8.93. The van der Waals surface area contributed by atoms with E-state index in [4.69, 9.17) is 20.0 Å². The van der Waals surface area contributed by atoms with Crippen molar-refractivity contribution in [2.75, 3.05) is 26.8 Å². The van der Waals surface area contributed by atoms with Gasteiger partial charge in [0, 0.05) is 48.5 Å². The Kier molecular flexibility index (Phi) is 11.9. The summed E-state index contributed by atoms with van der Waals surface area (Å²) in [6, 6.07) is 10.7. The van der Waals surface area contributed by atoms with Crippen LogP contribution in [0.25, 0.3) is 0 Å². The molecule has 0 aliphatic carbocycles. The zero-order valence-corrected chi connectivity index (χ0v) is 25.5. The summed E-state index contributed by atoms with van der Waals surface area (Å²) in [6.07, 6.45) is 1.33. The van der Waals surface area contributed by atoms with E-state index in [2.05, 4.69) is 11.4 Å². The van der Waals surface area contributed by atoms with E-state index in [9.17, 15) is 19.6 Å². The van der Waals surface area contributed by atoms with Crippen molar-refractivity contribution in [2.45, 2.75) is 58.4 Å². The number of hydrogen-bond donors (Lipinski definition) is 3. The first-order valence-corrected chi connectivity index (χ1v) is 13.3. The van der Waals surface area contributed by atoms with Crippen LogP contribution in [0.1, 0.15) is 83.9 Å². The van der Waals surface area contributed by atoms with E-state index in [1.165, 1.54) is 7.05 Å².